The van der Waals surface area contributed by atoms with E-state index in [9.17, 15) is 4.79 Å². The van der Waals surface area contributed by atoms with Gasteiger partial charge in [0.25, 0.3) is 5.91 Å². The Hall–Kier alpha value is -3.80. The van der Waals surface area contributed by atoms with Crippen LogP contribution >= 0.6 is 0 Å². The monoisotopic (exact) mass is 386 g/mol. The first-order valence-corrected chi connectivity index (χ1v) is 9.46. The van der Waals surface area contributed by atoms with Crippen LogP contribution in [0.5, 0.6) is 5.75 Å². The first kappa shape index (κ1) is 18.6. The van der Waals surface area contributed by atoms with Crippen molar-refractivity contribution in [2.24, 2.45) is 0 Å². The Labute approximate surface area is 168 Å². The molecule has 0 radical (unpaired) electrons. The minimum absolute atomic E-state index is 0.0595. The van der Waals surface area contributed by atoms with Crippen molar-refractivity contribution in [3.63, 3.8) is 0 Å². The molecule has 0 aliphatic rings. The van der Waals surface area contributed by atoms with Crippen molar-refractivity contribution in [1.82, 2.24) is 15.3 Å². The van der Waals surface area contributed by atoms with Gasteiger partial charge in [-0.1, -0.05) is 30.3 Å². The Kier molecular flexibility index (Phi) is 5.42. The molecule has 1 atom stereocenters. The van der Waals surface area contributed by atoms with Crippen LogP contribution < -0.4 is 15.4 Å². The number of nitrogens with zero attached hydrogens (tertiary/aromatic N) is 1. The average Bonchev–Trinajstić information content (AvgIpc) is 3.19. The number of carbonyl (C=O) groups is 1. The summed E-state index contributed by atoms with van der Waals surface area (Å²) in [5, 5.41) is 6.21. The van der Waals surface area contributed by atoms with Crippen LogP contribution in [-0.4, -0.2) is 22.5 Å². The summed E-state index contributed by atoms with van der Waals surface area (Å²) in [7, 11) is 0. The van der Waals surface area contributed by atoms with E-state index >= 15 is 0 Å². The Bertz CT molecular complexity index is 1060. The zero-order valence-electron chi connectivity index (χ0n) is 16.1. The van der Waals surface area contributed by atoms with Gasteiger partial charge in [-0.25, -0.2) is 4.98 Å². The minimum Gasteiger partial charge on any atom is -0.484 e. The number of rotatable bonds is 7. The van der Waals surface area contributed by atoms with Crippen molar-refractivity contribution in [3.05, 3.63) is 84.7 Å². The van der Waals surface area contributed by atoms with Gasteiger partial charge in [0, 0.05) is 11.4 Å². The van der Waals surface area contributed by atoms with Crippen LogP contribution in [0.2, 0.25) is 0 Å². The quantitative estimate of drug-likeness (QED) is 0.435. The number of ether oxygens (including phenoxy) is 1. The van der Waals surface area contributed by atoms with Gasteiger partial charge in [-0.2, -0.15) is 0 Å². The van der Waals surface area contributed by atoms with E-state index in [1.54, 1.807) is 0 Å². The van der Waals surface area contributed by atoms with Gasteiger partial charge in [-0.3, -0.25) is 4.79 Å². The number of imidazole rings is 1. The second-order valence-electron chi connectivity index (χ2n) is 6.73. The molecule has 0 spiro atoms. The second-order valence-corrected chi connectivity index (χ2v) is 6.73. The molecule has 4 rings (SSSR count). The lowest BCUT2D eigenvalue weighted by Gasteiger charge is -2.12. The van der Waals surface area contributed by atoms with Crippen molar-refractivity contribution in [2.75, 3.05) is 11.9 Å². The van der Waals surface area contributed by atoms with Crippen molar-refractivity contribution in [2.45, 2.75) is 13.0 Å². The van der Waals surface area contributed by atoms with Crippen LogP contribution in [0.15, 0.2) is 78.9 Å². The normalized spacial score (nSPS) is 11.8. The number of aromatic nitrogens is 2. The highest BCUT2D eigenvalue weighted by Crippen LogP contribution is 2.20. The lowest BCUT2D eigenvalue weighted by Crippen LogP contribution is -2.31. The largest absolute Gasteiger partial charge is 0.484 e. The number of amides is 1. The molecule has 3 aromatic carbocycles. The van der Waals surface area contributed by atoms with Crippen LogP contribution in [0.25, 0.3) is 11.0 Å². The van der Waals surface area contributed by atoms with Crippen molar-refractivity contribution < 1.29 is 9.53 Å². The molecule has 0 bridgehead atoms. The Balaban J connectivity index is 1.28. The third kappa shape index (κ3) is 4.73. The van der Waals surface area contributed by atoms with Gasteiger partial charge in [0.05, 0.1) is 17.1 Å². The first-order valence-electron chi connectivity index (χ1n) is 9.46. The number of carbonyl (C=O) groups excluding carboxylic acids is 1. The number of aromatic amines is 1. The van der Waals surface area contributed by atoms with Gasteiger partial charge in [-0.15, -0.1) is 0 Å². The number of nitrogens with one attached hydrogen (secondary N) is 3. The number of benzene rings is 3. The second kappa shape index (κ2) is 8.48. The fourth-order valence-corrected chi connectivity index (χ4v) is 3.00. The fraction of sp³-hybridized carbons (Fsp3) is 0.130. The minimum atomic E-state index is -0.240. The topological polar surface area (TPSA) is 79.0 Å². The molecular formula is C23H22N4O2. The van der Waals surface area contributed by atoms with Gasteiger partial charge >= 0.3 is 0 Å². The van der Waals surface area contributed by atoms with Gasteiger partial charge in [-0.05, 0) is 55.5 Å². The van der Waals surface area contributed by atoms with Gasteiger partial charge in [0.1, 0.15) is 11.6 Å². The maximum absolute atomic E-state index is 12.2. The van der Waals surface area contributed by atoms with Crippen molar-refractivity contribution >= 4 is 28.3 Å². The number of para-hydroxylation sites is 3. The van der Waals surface area contributed by atoms with E-state index in [-0.39, 0.29) is 18.6 Å². The van der Waals surface area contributed by atoms with Crippen molar-refractivity contribution in [1.29, 1.82) is 0 Å². The lowest BCUT2D eigenvalue weighted by molar-refractivity contribution is -0.123. The van der Waals surface area contributed by atoms with E-state index in [1.807, 2.05) is 85.8 Å². The van der Waals surface area contributed by atoms with Gasteiger partial charge in [0.15, 0.2) is 6.61 Å². The summed E-state index contributed by atoms with van der Waals surface area (Å²) in [6, 6.07) is 25.0. The predicted molar refractivity (Wildman–Crippen MR) is 114 cm³/mol. The molecule has 4 aromatic rings. The standard InChI is InChI=1S/C23H22N4O2/c1-16(23-26-20-9-5-6-10-21(20)27-23)24-22(28)15-29-19-13-11-18(12-14-19)25-17-7-3-2-4-8-17/h2-14,16,25H,15H2,1H3,(H,24,28)(H,26,27). The zero-order valence-corrected chi connectivity index (χ0v) is 16.1. The van der Waals surface area contributed by atoms with Crippen molar-refractivity contribution in [3.8, 4) is 5.75 Å². The van der Waals surface area contributed by atoms with Crippen LogP contribution in [0, 0.1) is 0 Å². The number of H-pyrrole nitrogens is 1. The van der Waals surface area contributed by atoms with E-state index in [4.69, 9.17) is 4.74 Å². The third-order valence-corrected chi connectivity index (χ3v) is 4.48. The highest BCUT2D eigenvalue weighted by atomic mass is 16.5. The molecule has 0 saturated carbocycles. The van der Waals surface area contributed by atoms with E-state index in [1.165, 1.54) is 0 Å². The molecule has 0 aliphatic carbocycles. The first-order chi connectivity index (χ1) is 14.2. The molecule has 0 fully saturated rings. The molecule has 29 heavy (non-hydrogen) atoms. The molecule has 6 nitrogen and oxygen atoms in total. The van der Waals surface area contributed by atoms with Crippen LogP contribution in [0.1, 0.15) is 18.8 Å². The Morgan fingerprint density at radius 1 is 0.966 bits per heavy atom. The van der Waals surface area contributed by atoms with E-state index in [2.05, 4.69) is 20.6 Å². The highest BCUT2D eigenvalue weighted by Gasteiger charge is 2.14. The summed E-state index contributed by atoms with van der Waals surface area (Å²) in [5.74, 6) is 1.15. The van der Waals surface area contributed by atoms with Crippen LogP contribution in [0.3, 0.4) is 0 Å². The SMILES string of the molecule is CC(NC(=O)COc1ccc(Nc2ccccc2)cc1)c1nc2ccccc2[nH]1. The van der Waals surface area contributed by atoms with Crippen LogP contribution in [-0.2, 0) is 4.79 Å². The number of anilines is 2. The molecule has 1 aromatic heterocycles. The number of fused-ring (bicyclic) bond motifs is 1. The molecule has 6 heteroatoms. The molecule has 1 heterocycles. The lowest BCUT2D eigenvalue weighted by atomic mass is 10.2. The number of hydrogen-bond acceptors (Lipinski definition) is 4. The predicted octanol–water partition coefficient (Wildman–Crippen LogP) is 4.56. The smallest absolute Gasteiger partial charge is 0.258 e. The van der Waals surface area contributed by atoms with Gasteiger partial charge in [0.2, 0.25) is 0 Å². The summed E-state index contributed by atoms with van der Waals surface area (Å²) < 4.78 is 5.60. The number of hydrogen-bond donors (Lipinski definition) is 3. The van der Waals surface area contributed by atoms with E-state index < -0.39 is 0 Å². The molecule has 0 saturated heterocycles. The Morgan fingerprint density at radius 3 is 2.41 bits per heavy atom. The third-order valence-electron chi connectivity index (χ3n) is 4.48. The van der Waals surface area contributed by atoms with Gasteiger partial charge < -0.3 is 20.4 Å². The molecule has 3 N–H and O–H groups in total. The summed E-state index contributed by atoms with van der Waals surface area (Å²) in [4.78, 5) is 20.0. The molecule has 1 unspecified atom stereocenters. The fourth-order valence-electron chi connectivity index (χ4n) is 3.00. The molecular weight excluding hydrogens is 364 g/mol. The maximum atomic E-state index is 12.2. The Morgan fingerprint density at radius 2 is 1.66 bits per heavy atom. The summed E-state index contributed by atoms with van der Waals surface area (Å²) >= 11 is 0. The molecule has 146 valence electrons. The average molecular weight is 386 g/mol. The summed E-state index contributed by atoms with van der Waals surface area (Å²) in [6.07, 6.45) is 0. The van der Waals surface area contributed by atoms with E-state index in [0.29, 0.717) is 5.75 Å². The molecule has 0 aliphatic heterocycles. The highest BCUT2D eigenvalue weighted by molar-refractivity contribution is 5.78. The van der Waals surface area contributed by atoms with Crippen LogP contribution in [0.4, 0.5) is 11.4 Å². The summed E-state index contributed by atoms with van der Waals surface area (Å²) in [6.45, 7) is 1.83. The molecule has 1 amide bonds. The maximum Gasteiger partial charge on any atom is 0.258 e. The zero-order chi connectivity index (χ0) is 20.1. The van der Waals surface area contributed by atoms with E-state index in [0.717, 1.165) is 28.2 Å². The summed E-state index contributed by atoms with van der Waals surface area (Å²) in [5.41, 5.74) is 3.79.